The van der Waals surface area contributed by atoms with E-state index in [2.05, 4.69) is 40.4 Å². The lowest BCUT2D eigenvalue weighted by molar-refractivity contribution is -0.153. The Morgan fingerprint density at radius 1 is 1.24 bits per heavy atom. The van der Waals surface area contributed by atoms with E-state index in [0.717, 1.165) is 6.42 Å². The normalized spacial score (nSPS) is 14.2. The van der Waals surface area contributed by atoms with Crippen LogP contribution in [0, 0.1) is 5.41 Å². The van der Waals surface area contributed by atoms with E-state index in [1.807, 2.05) is 0 Å². The van der Waals surface area contributed by atoms with Crippen LogP contribution in [0.3, 0.4) is 0 Å². The van der Waals surface area contributed by atoms with E-state index in [1.54, 1.807) is 0 Å². The second-order valence-electron chi connectivity index (χ2n) is 6.68. The smallest absolute Gasteiger partial charge is 0.317 e. The van der Waals surface area contributed by atoms with E-state index >= 15 is 0 Å². The maximum Gasteiger partial charge on any atom is 0.317 e. The van der Waals surface area contributed by atoms with E-state index in [0.29, 0.717) is 0 Å². The van der Waals surface area contributed by atoms with Crippen LogP contribution in [0.4, 0.5) is 0 Å². The Labute approximate surface area is 104 Å². The summed E-state index contributed by atoms with van der Waals surface area (Å²) in [5.74, 6) is -1.77. The highest BCUT2D eigenvalue weighted by atomic mass is 28.3. The number of carboxylic acids is 1. The number of rotatable bonds is 5. The average Bonchev–Trinajstić information content (AvgIpc) is 1.96. The minimum atomic E-state index is -1.65. The Morgan fingerprint density at radius 2 is 1.71 bits per heavy atom. The molecule has 1 atom stereocenters. The molecule has 0 saturated carbocycles. The highest BCUT2D eigenvalue weighted by Gasteiger charge is 2.34. The van der Waals surface area contributed by atoms with Crippen LogP contribution in [-0.4, -0.2) is 30.8 Å². The molecule has 0 aliphatic rings. The standard InChI is InChI=1S/C12H24O4Si/c1-12(2,3)8-11(17(4,5)6)16-10(15)7-9(13)14/h11H,7-8H2,1-6H3,(H,13,14). The van der Waals surface area contributed by atoms with Crippen LogP contribution in [0.25, 0.3) is 0 Å². The molecule has 0 saturated heterocycles. The van der Waals surface area contributed by atoms with Gasteiger partial charge in [0.15, 0.2) is 0 Å². The van der Waals surface area contributed by atoms with Crippen LogP contribution in [0.1, 0.15) is 33.6 Å². The molecule has 0 aromatic rings. The van der Waals surface area contributed by atoms with E-state index in [4.69, 9.17) is 9.84 Å². The van der Waals surface area contributed by atoms with Crippen molar-refractivity contribution in [2.45, 2.75) is 59.0 Å². The van der Waals surface area contributed by atoms with Gasteiger partial charge in [-0.25, -0.2) is 0 Å². The third-order valence-electron chi connectivity index (χ3n) is 2.33. The summed E-state index contributed by atoms with van der Waals surface area (Å²) in [7, 11) is -1.65. The highest BCUT2D eigenvalue weighted by Crippen LogP contribution is 2.27. The number of esters is 1. The van der Waals surface area contributed by atoms with Crippen molar-refractivity contribution >= 4 is 20.0 Å². The second-order valence-corrected chi connectivity index (χ2v) is 12.1. The molecule has 0 spiro atoms. The minimum Gasteiger partial charge on any atom is -0.481 e. The molecule has 5 heteroatoms. The summed E-state index contributed by atoms with van der Waals surface area (Å²) in [6, 6.07) is 0. The zero-order chi connectivity index (χ0) is 13.9. The number of carbonyl (C=O) groups is 2. The first-order valence-electron chi connectivity index (χ1n) is 5.83. The van der Waals surface area contributed by atoms with Crippen molar-refractivity contribution in [2.24, 2.45) is 5.41 Å². The molecule has 17 heavy (non-hydrogen) atoms. The number of aliphatic carboxylic acids is 1. The summed E-state index contributed by atoms with van der Waals surface area (Å²) in [5, 5.41) is 8.54. The quantitative estimate of drug-likeness (QED) is 0.469. The van der Waals surface area contributed by atoms with Crippen LogP contribution < -0.4 is 0 Å². The number of carbonyl (C=O) groups excluding carboxylic acids is 1. The first-order valence-corrected chi connectivity index (χ1v) is 9.41. The lowest BCUT2D eigenvalue weighted by Gasteiger charge is -2.33. The number of carboxylic acid groups (broad SMARTS) is 1. The summed E-state index contributed by atoms with van der Waals surface area (Å²) >= 11 is 0. The topological polar surface area (TPSA) is 63.6 Å². The summed E-state index contributed by atoms with van der Waals surface area (Å²) in [6.07, 6.45) is 0.221. The van der Waals surface area contributed by atoms with Gasteiger partial charge in [0.2, 0.25) is 0 Å². The Hall–Kier alpha value is -0.843. The highest BCUT2D eigenvalue weighted by molar-refractivity contribution is 6.77. The predicted molar refractivity (Wildman–Crippen MR) is 69.6 cm³/mol. The Bertz CT molecular complexity index is 286. The van der Waals surface area contributed by atoms with Crippen LogP contribution in [0.2, 0.25) is 19.6 Å². The van der Waals surface area contributed by atoms with Gasteiger partial charge in [-0.3, -0.25) is 9.59 Å². The molecule has 0 aliphatic carbocycles. The largest absolute Gasteiger partial charge is 0.481 e. The van der Waals surface area contributed by atoms with Crippen LogP contribution >= 0.6 is 0 Å². The number of hydrogen-bond donors (Lipinski definition) is 1. The first-order chi connectivity index (χ1) is 7.42. The number of ether oxygens (including phenoxy) is 1. The zero-order valence-corrected chi connectivity index (χ0v) is 12.7. The van der Waals surface area contributed by atoms with Gasteiger partial charge >= 0.3 is 11.9 Å². The zero-order valence-electron chi connectivity index (χ0n) is 11.7. The average molecular weight is 260 g/mol. The van der Waals surface area contributed by atoms with Crippen LogP contribution in [-0.2, 0) is 14.3 Å². The molecular weight excluding hydrogens is 236 g/mol. The molecule has 0 heterocycles. The Balaban J connectivity index is 4.62. The molecule has 0 fully saturated rings. The molecule has 0 bridgehead atoms. The van der Waals surface area contributed by atoms with Gasteiger partial charge in [0.25, 0.3) is 0 Å². The Kier molecular flexibility index (Phi) is 5.38. The van der Waals surface area contributed by atoms with Crippen molar-refractivity contribution in [1.29, 1.82) is 0 Å². The predicted octanol–water partition coefficient (Wildman–Crippen LogP) is 2.69. The van der Waals surface area contributed by atoms with Gasteiger partial charge < -0.3 is 9.84 Å². The van der Waals surface area contributed by atoms with Crippen LogP contribution in [0.15, 0.2) is 0 Å². The van der Waals surface area contributed by atoms with Crippen molar-refractivity contribution in [1.82, 2.24) is 0 Å². The lowest BCUT2D eigenvalue weighted by atomic mass is 9.93. The molecule has 0 rings (SSSR count). The van der Waals surface area contributed by atoms with Gasteiger partial charge in [-0.2, -0.15) is 0 Å². The summed E-state index contributed by atoms with van der Waals surface area (Å²) in [6.45, 7) is 12.6. The van der Waals surface area contributed by atoms with Gasteiger partial charge in [0, 0.05) is 0 Å². The van der Waals surface area contributed by atoms with Gasteiger partial charge in [-0.1, -0.05) is 40.4 Å². The maximum absolute atomic E-state index is 11.4. The van der Waals surface area contributed by atoms with Crippen molar-refractivity contribution in [3.63, 3.8) is 0 Å². The molecular formula is C12H24O4Si. The summed E-state index contributed by atoms with van der Waals surface area (Å²) in [5.41, 5.74) is -0.0663. The SMILES string of the molecule is CC(C)(C)CC(OC(=O)CC(=O)O)[Si](C)(C)C. The van der Waals surface area contributed by atoms with Gasteiger partial charge in [0.1, 0.15) is 6.42 Å². The first kappa shape index (κ1) is 16.2. The molecule has 0 aliphatic heterocycles. The van der Waals surface area contributed by atoms with E-state index in [9.17, 15) is 9.59 Å². The van der Waals surface area contributed by atoms with E-state index in [-0.39, 0.29) is 11.1 Å². The minimum absolute atomic E-state index is 0.0639. The molecule has 0 aromatic heterocycles. The molecule has 0 aromatic carbocycles. The van der Waals surface area contributed by atoms with E-state index < -0.39 is 26.4 Å². The van der Waals surface area contributed by atoms with Gasteiger partial charge in [-0.05, 0) is 11.8 Å². The molecule has 0 radical (unpaired) electrons. The summed E-state index contributed by atoms with van der Waals surface area (Å²) in [4.78, 5) is 21.9. The van der Waals surface area contributed by atoms with Crippen molar-refractivity contribution < 1.29 is 19.4 Å². The van der Waals surface area contributed by atoms with Gasteiger partial charge in [0.05, 0.1) is 13.8 Å². The molecule has 4 nitrogen and oxygen atoms in total. The monoisotopic (exact) mass is 260 g/mol. The Morgan fingerprint density at radius 3 is 2.00 bits per heavy atom. The fraction of sp³-hybridized carbons (Fsp3) is 0.833. The fourth-order valence-corrected chi connectivity index (χ4v) is 3.11. The third-order valence-corrected chi connectivity index (χ3v) is 4.59. The van der Waals surface area contributed by atoms with E-state index in [1.165, 1.54) is 0 Å². The fourth-order valence-electron chi connectivity index (χ4n) is 1.40. The summed E-state index contributed by atoms with van der Waals surface area (Å²) < 4.78 is 5.34. The van der Waals surface area contributed by atoms with Gasteiger partial charge in [-0.15, -0.1) is 0 Å². The number of hydrogen-bond acceptors (Lipinski definition) is 3. The molecule has 1 unspecified atom stereocenters. The molecule has 1 N–H and O–H groups in total. The second kappa shape index (κ2) is 5.66. The third kappa shape index (κ3) is 7.96. The van der Waals surface area contributed by atoms with Crippen molar-refractivity contribution in [3.05, 3.63) is 0 Å². The van der Waals surface area contributed by atoms with Crippen molar-refractivity contribution in [3.8, 4) is 0 Å². The molecule has 0 amide bonds. The van der Waals surface area contributed by atoms with Crippen molar-refractivity contribution in [2.75, 3.05) is 0 Å². The lowest BCUT2D eigenvalue weighted by Crippen LogP contribution is -2.44. The molecule has 100 valence electrons. The van der Waals surface area contributed by atoms with Crippen LogP contribution in [0.5, 0.6) is 0 Å². The maximum atomic E-state index is 11.4.